The second kappa shape index (κ2) is 9.37. The molecule has 0 bridgehead atoms. The first-order valence-corrected chi connectivity index (χ1v) is 10.8. The van der Waals surface area contributed by atoms with Crippen LogP contribution in [-0.4, -0.2) is 6.21 Å². The first-order chi connectivity index (χ1) is 12.9. The van der Waals surface area contributed by atoms with Gasteiger partial charge in [-0.2, -0.15) is 0 Å². The van der Waals surface area contributed by atoms with Gasteiger partial charge in [-0.25, -0.2) is 0 Å². The van der Waals surface area contributed by atoms with Gasteiger partial charge in [0.1, 0.15) is 12.4 Å². The Bertz CT molecular complexity index is 987. The van der Waals surface area contributed by atoms with Gasteiger partial charge in [0.15, 0.2) is 0 Å². The zero-order valence-corrected chi connectivity index (χ0v) is 19.9. The SMILES string of the molecule is Cc1ccc(N=Cc2cc(Br)cc(Br)c2OCc2ccc(Br)cc2)cc1Cl. The van der Waals surface area contributed by atoms with Gasteiger partial charge < -0.3 is 4.74 Å². The second-order valence-corrected chi connectivity index (χ2v) is 9.01. The predicted octanol–water partition coefficient (Wildman–Crippen LogP) is 8.27. The summed E-state index contributed by atoms with van der Waals surface area (Å²) in [5, 5.41) is 0.701. The lowest BCUT2D eigenvalue weighted by Gasteiger charge is -2.12. The summed E-state index contributed by atoms with van der Waals surface area (Å²) in [5.41, 5.74) is 3.77. The van der Waals surface area contributed by atoms with Crippen LogP contribution in [0.4, 0.5) is 5.69 Å². The Morgan fingerprint density at radius 3 is 2.41 bits per heavy atom. The molecule has 138 valence electrons. The van der Waals surface area contributed by atoms with Crippen LogP contribution in [0.1, 0.15) is 16.7 Å². The Hall–Kier alpha value is -1.14. The summed E-state index contributed by atoms with van der Waals surface area (Å²) in [6.07, 6.45) is 1.79. The standard InChI is InChI=1S/C21H15Br3ClNO/c1-13-2-7-18(10-20(13)25)26-11-15-8-17(23)9-19(24)21(15)27-12-14-3-5-16(22)6-4-14/h2-11H,12H2,1H3. The molecular formula is C21H15Br3ClNO. The van der Waals surface area contributed by atoms with Crippen LogP contribution in [0.5, 0.6) is 5.75 Å². The minimum atomic E-state index is 0.463. The van der Waals surface area contributed by atoms with Crippen molar-refractivity contribution in [2.75, 3.05) is 0 Å². The summed E-state index contributed by atoms with van der Waals surface area (Å²) < 4.78 is 8.92. The van der Waals surface area contributed by atoms with E-state index in [2.05, 4.69) is 52.8 Å². The van der Waals surface area contributed by atoms with Gasteiger partial charge in [0.25, 0.3) is 0 Å². The van der Waals surface area contributed by atoms with E-state index < -0.39 is 0 Å². The molecule has 6 heteroatoms. The van der Waals surface area contributed by atoms with E-state index in [0.29, 0.717) is 11.6 Å². The molecule has 0 atom stereocenters. The van der Waals surface area contributed by atoms with Crippen molar-refractivity contribution in [3.63, 3.8) is 0 Å². The highest BCUT2D eigenvalue weighted by atomic mass is 79.9. The maximum atomic E-state index is 6.19. The van der Waals surface area contributed by atoms with Crippen molar-refractivity contribution in [2.45, 2.75) is 13.5 Å². The minimum Gasteiger partial charge on any atom is -0.487 e. The van der Waals surface area contributed by atoms with Gasteiger partial charge in [-0.15, -0.1) is 0 Å². The van der Waals surface area contributed by atoms with Crippen LogP contribution in [0, 0.1) is 6.92 Å². The molecule has 2 nitrogen and oxygen atoms in total. The van der Waals surface area contributed by atoms with Crippen LogP contribution < -0.4 is 4.74 Å². The highest BCUT2D eigenvalue weighted by molar-refractivity contribution is 9.11. The molecule has 0 aliphatic rings. The molecule has 3 aromatic rings. The van der Waals surface area contributed by atoms with Crippen molar-refractivity contribution in [2.24, 2.45) is 4.99 Å². The molecule has 0 N–H and O–H groups in total. The molecule has 3 rings (SSSR count). The van der Waals surface area contributed by atoms with E-state index in [1.807, 2.05) is 61.5 Å². The van der Waals surface area contributed by atoms with Crippen LogP contribution in [0.2, 0.25) is 5.02 Å². The van der Waals surface area contributed by atoms with E-state index in [1.165, 1.54) is 0 Å². The first kappa shape index (κ1) is 20.6. The number of halogens is 4. The van der Waals surface area contributed by atoms with Gasteiger partial charge in [-0.3, -0.25) is 4.99 Å². The molecule has 0 amide bonds. The first-order valence-electron chi connectivity index (χ1n) is 8.09. The van der Waals surface area contributed by atoms with E-state index in [1.54, 1.807) is 6.21 Å². The quantitative estimate of drug-likeness (QED) is 0.282. The molecule has 0 spiro atoms. The van der Waals surface area contributed by atoms with Crippen LogP contribution in [0.25, 0.3) is 0 Å². The van der Waals surface area contributed by atoms with Crippen molar-refractivity contribution < 1.29 is 4.74 Å². The molecule has 0 aliphatic carbocycles. The van der Waals surface area contributed by atoms with Crippen molar-refractivity contribution in [3.05, 3.63) is 89.7 Å². The zero-order chi connectivity index (χ0) is 19.4. The van der Waals surface area contributed by atoms with Crippen LogP contribution >= 0.6 is 59.4 Å². The van der Waals surface area contributed by atoms with Gasteiger partial charge in [-0.1, -0.05) is 61.7 Å². The Balaban J connectivity index is 1.86. The summed E-state index contributed by atoms with van der Waals surface area (Å²) in [4.78, 5) is 4.55. The Morgan fingerprint density at radius 1 is 0.963 bits per heavy atom. The van der Waals surface area contributed by atoms with Crippen LogP contribution in [0.3, 0.4) is 0 Å². The fraction of sp³-hybridized carbons (Fsp3) is 0.0952. The van der Waals surface area contributed by atoms with Crippen molar-refractivity contribution >= 4 is 71.3 Å². The van der Waals surface area contributed by atoms with Crippen LogP contribution in [0.15, 0.2) is 73.0 Å². The summed E-state index contributed by atoms with van der Waals surface area (Å²) in [7, 11) is 0. The molecule has 0 saturated heterocycles. The summed E-state index contributed by atoms with van der Waals surface area (Å²) in [5.74, 6) is 0.739. The van der Waals surface area contributed by atoms with Gasteiger partial charge in [-0.05, 0) is 70.4 Å². The zero-order valence-electron chi connectivity index (χ0n) is 14.3. The van der Waals surface area contributed by atoms with E-state index in [9.17, 15) is 0 Å². The number of aliphatic imine (C=N–C) groups is 1. The molecule has 0 unspecified atom stereocenters. The lowest BCUT2D eigenvalue weighted by molar-refractivity contribution is 0.304. The molecule has 0 saturated carbocycles. The lowest BCUT2D eigenvalue weighted by Crippen LogP contribution is -1.99. The van der Waals surface area contributed by atoms with E-state index in [0.717, 1.165) is 41.5 Å². The molecule has 0 heterocycles. The Morgan fingerprint density at radius 2 is 1.70 bits per heavy atom. The maximum Gasteiger partial charge on any atom is 0.142 e. The molecule has 0 fully saturated rings. The second-order valence-electron chi connectivity index (χ2n) is 5.91. The van der Waals surface area contributed by atoms with E-state index >= 15 is 0 Å². The van der Waals surface area contributed by atoms with Gasteiger partial charge in [0, 0.05) is 25.7 Å². The Kier molecular flexibility index (Phi) is 7.15. The smallest absolute Gasteiger partial charge is 0.142 e. The predicted molar refractivity (Wildman–Crippen MR) is 124 cm³/mol. The molecular weight excluding hydrogens is 557 g/mol. The largest absolute Gasteiger partial charge is 0.487 e. The molecule has 0 radical (unpaired) electrons. The molecule has 27 heavy (non-hydrogen) atoms. The molecule has 3 aromatic carbocycles. The van der Waals surface area contributed by atoms with Crippen molar-refractivity contribution in [1.82, 2.24) is 0 Å². The average Bonchev–Trinajstić information content (AvgIpc) is 2.63. The topological polar surface area (TPSA) is 21.6 Å². The third kappa shape index (κ3) is 5.67. The Labute approximate surface area is 189 Å². The fourth-order valence-electron chi connectivity index (χ4n) is 2.37. The number of rotatable bonds is 5. The average molecular weight is 573 g/mol. The maximum absolute atomic E-state index is 6.19. The highest BCUT2D eigenvalue weighted by Crippen LogP contribution is 2.33. The van der Waals surface area contributed by atoms with Crippen molar-refractivity contribution in [3.8, 4) is 5.75 Å². The van der Waals surface area contributed by atoms with Crippen molar-refractivity contribution in [1.29, 1.82) is 0 Å². The molecule has 0 aliphatic heterocycles. The van der Waals surface area contributed by atoms with Gasteiger partial charge in [0.05, 0.1) is 10.2 Å². The summed E-state index contributed by atoms with van der Waals surface area (Å²) >= 11 is 16.7. The minimum absolute atomic E-state index is 0.463. The van der Waals surface area contributed by atoms with E-state index in [4.69, 9.17) is 16.3 Å². The number of hydrogen-bond donors (Lipinski definition) is 0. The third-order valence-electron chi connectivity index (χ3n) is 3.84. The number of benzene rings is 3. The number of ether oxygens (including phenoxy) is 1. The molecule has 0 aromatic heterocycles. The normalized spacial score (nSPS) is 11.1. The highest BCUT2D eigenvalue weighted by Gasteiger charge is 2.10. The number of hydrogen-bond acceptors (Lipinski definition) is 2. The fourth-order valence-corrected chi connectivity index (χ4v) is 4.18. The van der Waals surface area contributed by atoms with E-state index in [-0.39, 0.29) is 0 Å². The number of aryl methyl sites for hydroxylation is 1. The summed E-state index contributed by atoms with van der Waals surface area (Å²) in [6.45, 7) is 2.43. The third-order valence-corrected chi connectivity index (χ3v) is 5.82. The monoisotopic (exact) mass is 569 g/mol. The number of nitrogens with zero attached hydrogens (tertiary/aromatic N) is 1. The van der Waals surface area contributed by atoms with Gasteiger partial charge >= 0.3 is 0 Å². The van der Waals surface area contributed by atoms with Gasteiger partial charge in [0.2, 0.25) is 0 Å². The summed E-state index contributed by atoms with van der Waals surface area (Å²) in [6, 6.07) is 17.7. The lowest BCUT2D eigenvalue weighted by atomic mass is 10.2. The van der Waals surface area contributed by atoms with Crippen LogP contribution in [-0.2, 0) is 6.61 Å².